The summed E-state index contributed by atoms with van der Waals surface area (Å²) >= 11 is 0. The average molecular weight is 410 g/mol. The zero-order chi connectivity index (χ0) is 17.1. The van der Waals surface area contributed by atoms with Gasteiger partial charge in [-0.05, 0) is 32.4 Å². The molecule has 4 nitrogen and oxygen atoms in total. The monoisotopic (exact) mass is 409 g/mol. The first kappa shape index (κ1) is 23.1. The lowest BCUT2D eigenvalue weighted by molar-refractivity contribution is -0.133. The molecule has 8 heteroatoms. The number of amides is 1. The number of hydrogen-bond acceptors (Lipinski definition) is 3. The van der Waals surface area contributed by atoms with Gasteiger partial charge in [-0.25, -0.2) is 8.78 Å². The van der Waals surface area contributed by atoms with Gasteiger partial charge in [-0.2, -0.15) is 0 Å². The van der Waals surface area contributed by atoms with Gasteiger partial charge in [-0.1, -0.05) is 6.07 Å². The molecule has 0 saturated carbocycles. The lowest BCUT2D eigenvalue weighted by Crippen LogP contribution is -2.50. The Labute approximate surface area is 166 Å². The van der Waals surface area contributed by atoms with Gasteiger partial charge in [0.1, 0.15) is 11.6 Å². The standard InChI is InChI=1S/C18H25F2N3O.2ClH/c1-13(16-5-4-14(19)11-17(16)20)22-7-9-23(10-8-22)18(24)12-15-3-2-6-21-15;;/h4-5,11,13,15,21H,2-3,6-10,12H2,1H3;2*1H. The molecule has 1 N–H and O–H groups in total. The zero-order valence-electron chi connectivity index (χ0n) is 14.9. The maximum atomic E-state index is 13.9. The van der Waals surface area contributed by atoms with Crippen LogP contribution in [0.25, 0.3) is 0 Å². The molecular weight excluding hydrogens is 383 g/mol. The van der Waals surface area contributed by atoms with E-state index >= 15 is 0 Å². The first-order valence-corrected chi connectivity index (χ1v) is 8.75. The van der Waals surface area contributed by atoms with E-state index in [2.05, 4.69) is 10.2 Å². The van der Waals surface area contributed by atoms with Crippen molar-refractivity contribution in [1.29, 1.82) is 0 Å². The molecule has 2 unspecified atom stereocenters. The van der Waals surface area contributed by atoms with Crippen molar-refractivity contribution >= 4 is 30.7 Å². The van der Waals surface area contributed by atoms with E-state index in [0.29, 0.717) is 44.2 Å². The van der Waals surface area contributed by atoms with Crippen LogP contribution in [0.2, 0.25) is 0 Å². The van der Waals surface area contributed by atoms with Crippen LogP contribution in [0.1, 0.15) is 37.8 Å². The van der Waals surface area contributed by atoms with Crippen molar-refractivity contribution in [3.63, 3.8) is 0 Å². The van der Waals surface area contributed by atoms with Crippen LogP contribution >= 0.6 is 24.8 Å². The van der Waals surface area contributed by atoms with Crippen LogP contribution in [-0.2, 0) is 4.79 Å². The highest BCUT2D eigenvalue weighted by atomic mass is 35.5. The summed E-state index contributed by atoms with van der Waals surface area (Å²) in [5.74, 6) is -0.859. The normalized spacial score (nSPS) is 21.7. The fourth-order valence-electron chi connectivity index (χ4n) is 3.67. The number of carbonyl (C=O) groups excluding carboxylic acids is 1. The molecule has 0 bridgehead atoms. The highest BCUT2D eigenvalue weighted by molar-refractivity contribution is 5.85. The van der Waals surface area contributed by atoms with Gasteiger partial charge in [0.25, 0.3) is 0 Å². The number of nitrogens with one attached hydrogen (secondary N) is 1. The topological polar surface area (TPSA) is 35.6 Å². The van der Waals surface area contributed by atoms with Crippen LogP contribution in [0.5, 0.6) is 0 Å². The maximum absolute atomic E-state index is 13.9. The van der Waals surface area contributed by atoms with Crippen molar-refractivity contribution in [1.82, 2.24) is 15.1 Å². The summed E-state index contributed by atoms with van der Waals surface area (Å²) in [5.41, 5.74) is 0.506. The molecule has 1 amide bonds. The van der Waals surface area contributed by atoms with Crippen molar-refractivity contribution in [2.45, 2.75) is 38.3 Å². The molecule has 2 heterocycles. The summed E-state index contributed by atoms with van der Waals surface area (Å²) in [6.45, 7) is 5.68. The molecule has 0 radical (unpaired) electrons. The molecule has 26 heavy (non-hydrogen) atoms. The third-order valence-corrected chi connectivity index (χ3v) is 5.21. The number of piperazine rings is 1. The Bertz CT molecular complexity index is 592. The minimum atomic E-state index is -0.556. The molecule has 2 aliphatic heterocycles. The Morgan fingerprint density at radius 1 is 1.23 bits per heavy atom. The Balaban J connectivity index is 0.00000169. The highest BCUT2D eigenvalue weighted by Crippen LogP contribution is 2.25. The number of nitrogens with zero attached hydrogens (tertiary/aromatic N) is 2. The Hall–Kier alpha value is -0.950. The zero-order valence-corrected chi connectivity index (χ0v) is 16.6. The van der Waals surface area contributed by atoms with Crippen molar-refractivity contribution in [3.8, 4) is 0 Å². The van der Waals surface area contributed by atoms with Crippen molar-refractivity contribution < 1.29 is 13.6 Å². The minimum Gasteiger partial charge on any atom is -0.340 e. The lowest BCUT2D eigenvalue weighted by Gasteiger charge is -2.38. The van der Waals surface area contributed by atoms with Crippen LogP contribution in [0.3, 0.4) is 0 Å². The van der Waals surface area contributed by atoms with Crippen LogP contribution in [0, 0.1) is 11.6 Å². The summed E-state index contributed by atoms with van der Waals surface area (Å²) in [7, 11) is 0. The number of hydrogen-bond donors (Lipinski definition) is 1. The molecule has 0 aromatic heterocycles. The van der Waals surface area contributed by atoms with Crippen molar-refractivity contribution in [2.75, 3.05) is 32.7 Å². The van der Waals surface area contributed by atoms with E-state index in [-0.39, 0.29) is 36.8 Å². The molecule has 1 aromatic carbocycles. The van der Waals surface area contributed by atoms with E-state index < -0.39 is 11.6 Å². The van der Waals surface area contributed by atoms with E-state index in [1.807, 2.05) is 11.8 Å². The predicted octanol–water partition coefficient (Wildman–Crippen LogP) is 3.16. The second-order valence-electron chi connectivity index (χ2n) is 6.76. The first-order chi connectivity index (χ1) is 11.5. The summed E-state index contributed by atoms with van der Waals surface area (Å²) in [6, 6.07) is 3.93. The third-order valence-electron chi connectivity index (χ3n) is 5.21. The van der Waals surface area contributed by atoms with E-state index in [9.17, 15) is 13.6 Å². The van der Waals surface area contributed by atoms with E-state index in [4.69, 9.17) is 0 Å². The molecule has 2 saturated heterocycles. The predicted molar refractivity (Wildman–Crippen MR) is 103 cm³/mol. The number of carbonyl (C=O) groups is 1. The van der Waals surface area contributed by atoms with Crippen LogP contribution in [-0.4, -0.2) is 54.5 Å². The molecule has 0 aliphatic carbocycles. The molecular formula is C18H27Cl2F2N3O. The van der Waals surface area contributed by atoms with Gasteiger partial charge >= 0.3 is 0 Å². The number of rotatable bonds is 4. The Morgan fingerprint density at radius 2 is 1.92 bits per heavy atom. The fraction of sp³-hybridized carbons (Fsp3) is 0.611. The van der Waals surface area contributed by atoms with Gasteiger partial charge in [0, 0.05) is 56.3 Å². The molecule has 3 rings (SSSR count). The molecule has 148 valence electrons. The lowest BCUT2D eigenvalue weighted by atomic mass is 10.0. The van der Waals surface area contributed by atoms with Gasteiger partial charge in [-0.3, -0.25) is 9.69 Å². The van der Waals surface area contributed by atoms with Gasteiger partial charge in [0.15, 0.2) is 0 Å². The van der Waals surface area contributed by atoms with Crippen LogP contribution < -0.4 is 5.32 Å². The van der Waals surface area contributed by atoms with Gasteiger partial charge in [0.05, 0.1) is 0 Å². The molecule has 1 aromatic rings. The van der Waals surface area contributed by atoms with E-state index in [1.54, 1.807) is 0 Å². The minimum absolute atomic E-state index is 0. The van der Waals surface area contributed by atoms with Crippen molar-refractivity contribution in [3.05, 3.63) is 35.4 Å². The van der Waals surface area contributed by atoms with Gasteiger partial charge in [0.2, 0.25) is 5.91 Å². The SMILES string of the molecule is CC(c1ccc(F)cc1F)N1CCN(C(=O)CC2CCCN2)CC1.Cl.Cl. The molecule has 2 atom stereocenters. The van der Waals surface area contributed by atoms with E-state index in [1.165, 1.54) is 12.1 Å². The summed E-state index contributed by atoms with van der Waals surface area (Å²) in [5, 5.41) is 3.36. The second kappa shape index (κ2) is 10.4. The largest absolute Gasteiger partial charge is 0.340 e. The molecule has 2 fully saturated rings. The smallest absolute Gasteiger partial charge is 0.224 e. The average Bonchev–Trinajstić information content (AvgIpc) is 3.07. The van der Waals surface area contributed by atoms with E-state index in [0.717, 1.165) is 25.5 Å². The molecule has 0 spiro atoms. The van der Waals surface area contributed by atoms with Crippen LogP contribution in [0.4, 0.5) is 8.78 Å². The third kappa shape index (κ3) is 5.52. The summed E-state index contributed by atoms with van der Waals surface area (Å²) < 4.78 is 27.0. The highest BCUT2D eigenvalue weighted by Gasteiger charge is 2.27. The number of halogens is 4. The Kier molecular flexibility index (Phi) is 9.24. The number of benzene rings is 1. The fourth-order valence-corrected chi connectivity index (χ4v) is 3.67. The second-order valence-corrected chi connectivity index (χ2v) is 6.76. The summed E-state index contributed by atoms with van der Waals surface area (Å²) in [4.78, 5) is 16.4. The van der Waals surface area contributed by atoms with Gasteiger partial charge < -0.3 is 10.2 Å². The first-order valence-electron chi connectivity index (χ1n) is 8.75. The summed E-state index contributed by atoms with van der Waals surface area (Å²) in [6.07, 6.45) is 2.79. The van der Waals surface area contributed by atoms with Crippen LogP contribution in [0.15, 0.2) is 18.2 Å². The Morgan fingerprint density at radius 3 is 2.50 bits per heavy atom. The molecule has 2 aliphatic rings. The quantitative estimate of drug-likeness (QED) is 0.829. The maximum Gasteiger partial charge on any atom is 0.224 e. The van der Waals surface area contributed by atoms with Gasteiger partial charge in [-0.15, -0.1) is 24.8 Å². The van der Waals surface area contributed by atoms with Crippen molar-refractivity contribution in [2.24, 2.45) is 0 Å².